The Labute approximate surface area is 89.9 Å². The summed E-state index contributed by atoms with van der Waals surface area (Å²) in [5.41, 5.74) is 1.84. The normalized spacial score (nSPS) is 11.6. The lowest BCUT2D eigenvalue weighted by Gasteiger charge is -1.93. The molecule has 0 aliphatic heterocycles. The zero-order valence-electron chi connectivity index (χ0n) is 6.74. The molecule has 11 heavy (non-hydrogen) atoms. The summed E-state index contributed by atoms with van der Waals surface area (Å²) >= 11 is 21.7. The Morgan fingerprint density at radius 2 is 1.45 bits per heavy atom. The lowest BCUT2D eigenvalue weighted by Crippen LogP contribution is -2.02. The van der Waals surface area contributed by atoms with Crippen molar-refractivity contribution >= 4 is 58.4 Å². The summed E-state index contributed by atoms with van der Waals surface area (Å²) < 4.78 is 0. The fourth-order valence-corrected chi connectivity index (χ4v) is 1.31. The average molecular weight is 270 g/mol. The first-order chi connectivity index (χ1) is 4.77. The third-order valence-electron chi connectivity index (χ3n) is 0.338. The minimum Gasteiger partial charge on any atom is -0.146 e. The molecule has 0 saturated carbocycles. The van der Waals surface area contributed by atoms with E-state index in [0.717, 1.165) is 0 Å². The number of rotatable bonds is 1. The van der Waals surface area contributed by atoms with Gasteiger partial charge in [-0.15, -0.1) is 44.3 Å². The zero-order chi connectivity index (χ0) is 9.49. The molecule has 6 heteroatoms. The molecule has 0 spiro atoms. The highest BCUT2D eigenvalue weighted by Crippen LogP contribution is 2.10. The second-order valence-electron chi connectivity index (χ2n) is 2.19. The topological polar surface area (TPSA) is 0 Å². The SMILES string of the molecule is CC=C[SiH](Cl)Cl.C[Si](C)(Cl)Cl. The van der Waals surface area contributed by atoms with Gasteiger partial charge in [-0.05, 0) is 20.0 Å². The van der Waals surface area contributed by atoms with Crippen LogP contribution in [0.15, 0.2) is 11.8 Å². The van der Waals surface area contributed by atoms with Crippen molar-refractivity contribution in [2.45, 2.75) is 20.0 Å². The molecule has 68 valence electrons. The van der Waals surface area contributed by atoms with E-state index in [2.05, 4.69) is 0 Å². The van der Waals surface area contributed by atoms with Crippen LogP contribution in [0.3, 0.4) is 0 Å². The Bertz CT molecular complexity index is 102. The predicted molar refractivity (Wildman–Crippen MR) is 62.9 cm³/mol. The predicted octanol–water partition coefficient (Wildman–Crippen LogP) is 3.97. The van der Waals surface area contributed by atoms with Crippen LogP contribution >= 0.6 is 44.3 Å². The van der Waals surface area contributed by atoms with E-state index >= 15 is 0 Å². The highest BCUT2D eigenvalue weighted by Gasteiger charge is 2.08. The minimum absolute atomic E-state index is 1.41. The molecule has 0 nitrogen and oxygen atoms in total. The molecular weight excluding hydrogens is 258 g/mol. The molecule has 0 aromatic rings. The standard InChI is InChI=1S/C3H6Cl2Si.C2H6Cl2Si/c1-2-3-6(4)5;1-5(2,3)4/h2-3,6H,1H3;1-2H3. The van der Waals surface area contributed by atoms with E-state index in [9.17, 15) is 0 Å². The molecule has 0 bridgehead atoms. The largest absolute Gasteiger partial charge is 0.259 e. The lowest BCUT2D eigenvalue weighted by atomic mass is 10.8. The summed E-state index contributed by atoms with van der Waals surface area (Å²) in [6, 6.07) is 0. The van der Waals surface area contributed by atoms with Gasteiger partial charge in [0.25, 0.3) is 7.42 Å². The second-order valence-corrected chi connectivity index (χ2v) is 15.6. The third-order valence-corrected chi connectivity index (χ3v) is 1.89. The molecule has 0 unspecified atom stereocenters. The van der Waals surface area contributed by atoms with E-state index < -0.39 is 14.1 Å². The van der Waals surface area contributed by atoms with Gasteiger partial charge in [-0.2, -0.15) is 0 Å². The summed E-state index contributed by atoms with van der Waals surface area (Å²) in [4.78, 5) is 0. The van der Waals surface area contributed by atoms with Crippen molar-refractivity contribution in [1.82, 2.24) is 0 Å². The zero-order valence-corrected chi connectivity index (χ0v) is 11.9. The molecule has 0 saturated heterocycles. The van der Waals surface area contributed by atoms with Crippen LogP contribution in [-0.4, -0.2) is 14.1 Å². The van der Waals surface area contributed by atoms with E-state index in [0.29, 0.717) is 0 Å². The Hall–Kier alpha value is 1.33. The number of halogens is 4. The van der Waals surface area contributed by atoms with E-state index in [1.807, 2.05) is 31.8 Å². The van der Waals surface area contributed by atoms with Crippen LogP contribution in [0.5, 0.6) is 0 Å². The molecule has 0 aliphatic carbocycles. The first-order valence-electron chi connectivity index (χ1n) is 3.06. The van der Waals surface area contributed by atoms with Crippen LogP contribution in [0.25, 0.3) is 0 Å². The van der Waals surface area contributed by atoms with E-state index in [1.165, 1.54) is 0 Å². The monoisotopic (exact) mass is 268 g/mol. The number of hydrogen-bond acceptors (Lipinski definition) is 0. The van der Waals surface area contributed by atoms with Gasteiger partial charge in [0.15, 0.2) is 0 Å². The maximum absolute atomic E-state index is 5.43. The van der Waals surface area contributed by atoms with Crippen LogP contribution in [0.4, 0.5) is 0 Å². The van der Waals surface area contributed by atoms with E-state index in [1.54, 1.807) is 0 Å². The lowest BCUT2D eigenvalue weighted by molar-refractivity contribution is 1.78. The molecule has 0 heterocycles. The molecule has 0 atom stereocenters. The van der Waals surface area contributed by atoms with Gasteiger partial charge < -0.3 is 0 Å². The van der Waals surface area contributed by atoms with Crippen LogP contribution < -0.4 is 0 Å². The maximum Gasteiger partial charge on any atom is 0.259 e. The summed E-state index contributed by atoms with van der Waals surface area (Å²) in [6.45, 7) is 3.96. The van der Waals surface area contributed by atoms with Crippen LogP contribution in [0.2, 0.25) is 13.1 Å². The molecule has 0 aromatic heterocycles. The molecule has 0 rings (SSSR count). The number of hydrogen-bond donors (Lipinski definition) is 0. The smallest absolute Gasteiger partial charge is 0.146 e. The van der Waals surface area contributed by atoms with E-state index in [-0.39, 0.29) is 0 Å². The van der Waals surface area contributed by atoms with Gasteiger partial charge in [-0.3, -0.25) is 0 Å². The Morgan fingerprint density at radius 3 is 1.45 bits per heavy atom. The molecule has 0 N–H and O–H groups in total. The quantitative estimate of drug-likeness (QED) is 0.499. The number of allylic oxidation sites excluding steroid dienone is 1. The summed E-state index contributed by atoms with van der Waals surface area (Å²) in [7, 11) is -1.41. The molecular formula is C5H12Cl4Si2. The Morgan fingerprint density at radius 1 is 1.18 bits per heavy atom. The first kappa shape index (κ1) is 14.8. The Balaban J connectivity index is 0. The van der Waals surface area contributed by atoms with Crippen LogP contribution in [0, 0.1) is 0 Å². The van der Waals surface area contributed by atoms with Crippen molar-refractivity contribution < 1.29 is 0 Å². The summed E-state index contributed by atoms with van der Waals surface area (Å²) in [5, 5.41) is 0. The fraction of sp³-hybridized carbons (Fsp3) is 0.600. The average Bonchev–Trinajstić information content (AvgIpc) is 1.58. The van der Waals surface area contributed by atoms with Crippen LogP contribution in [-0.2, 0) is 0 Å². The van der Waals surface area contributed by atoms with Gasteiger partial charge in [0.2, 0.25) is 6.69 Å². The Kier molecular flexibility index (Phi) is 10.7. The van der Waals surface area contributed by atoms with E-state index in [4.69, 9.17) is 44.3 Å². The van der Waals surface area contributed by atoms with Crippen molar-refractivity contribution in [2.75, 3.05) is 0 Å². The van der Waals surface area contributed by atoms with Crippen LogP contribution in [0.1, 0.15) is 6.92 Å². The molecule has 0 aliphatic rings. The van der Waals surface area contributed by atoms with Gasteiger partial charge in [0.05, 0.1) is 0 Å². The highest BCUT2D eigenvalue weighted by atomic mass is 35.7. The van der Waals surface area contributed by atoms with Gasteiger partial charge in [0, 0.05) is 0 Å². The highest BCUT2D eigenvalue weighted by molar-refractivity contribution is 7.44. The summed E-state index contributed by atoms with van der Waals surface area (Å²) in [6.07, 6.45) is 1.87. The maximum atomic E-state index is 5.43. The molecule has 0 fully saturated rings. The molecule has 0 amide bonds. The van der Waals surface area contributed by atoms with Gasteiger partial charge >= 0.3 is 0 Å². The second kappa shape index (κ2) is 7.96. The van der Waals surface area contributed by atoms with Crippen molar-refractivity contribution in [3.05, 3.63) is 11.8 Å². The van der Waals surface area contributed by atoms with Crippen molar-refractivity contribution in [3.63, 3.8) is 0 Å². The van der Waals surface area contributed by atoms with Gasteiger partial charge in [-0.1, -0.05) is 11.8 Å². The fourth-order valence-electron chi connectivity index (χ4n) is 0.145. The van der Waals surface area contributed by atoms with Crippen molar-refractivity contribution in [1.29, 1.82) is 0 Å². The van der Waals surface area contributed by atoms with Gasteiger partial charge in [0.1, 0.15) is 0 Å². The first-order valence-corrected chi connectivity index (χ1v) is 12.2. The molecule has 0 aromatic carbocycles. The van der Waals surface area contributed by atoms with Crippen molar-refractivity contribution in [3.8, 4) is 0 Å². The third kappa shape index (κ3) is 52.6. The summed E-state index contributed by atoms with van der Waals surface area (Å²) in [5.74, 6) is 0. The van der Waals surface area contributed by atoms with Crippen molar-refractivity contribution in [2.24, 2.45) is 0 Å². The molecule has 0 radical (unpaired) electrons. The minimum atomic E-state index is -1.67. The van der Waals surface area contributed by atoms with Gasteiger partial charge in [-0.25, -0.2) is 0 Å².